The van der Waals surface area contributed by atoms with Gasteiger partial charge in [-0.1, -0.05) is 18.2 Å². The summed E-state index contributed by atoms with van der Waals surface area (Å²) in [5.41, 5.74) is 0.596. The van der Waals surface area contributed by atoms with Crippen LogP contribution in [0.2, 0.25) is 0 Å². The van der Waals surface area contributed by atoms with Crippen molar-refractivity contribution in [2.75, 3.05) is 18.7 Å². The molecule has 1 aromatic carbocycles. The van der Waals surface area contributed by atoms with Crippen LogP contribution >= 0.6 is 0 Å². The Morgan fingerprint density at radius 3 is 2.55 bits per heavy atom. The minimum absolute atomic E-state index is 0.188. The predicted molar refractivity (Wildman–Crippen MR) is 75.5 cm³/mol. The maximum Gasteiger partial charge on any atom is 0.332 e. The number of rotatable bonds is 3. The summed E-state index contributed by atoms with van der Waals surface area (Å²) in [5, 5.41) is 1.32. The van der Waals surface area contributed by atoms with Crippen LogP contribution in [0.4, 0.5) is 5.69 Å². The average Bonchev–Trinajstić information content (AvgIpc) is 3.02. The van der Waals surface area contributed by atoms with Crippen molar-refractivity contribution in [3.05, 3.63) is 30.3 Å². The quantitative estimate of drug-likeness (QED) is 0.592. The molecule has 0 radical (unpaired) electrons. The molecule has 2 fully saturated rings. The second-order valence-electron chi connectivity index (χ2n) is 5.15. The summed E-state index contributed by atoms with van der Waals surface area (Å²) in [5.74, 6) is -2.32. The predicted octanol–water partition coefficient (Wildman–Crippen LogP) is 0.353. The van der Waals surface area contributed by atoms with Crippen molar-refractivity contribution in [2.45, 2.75) is 19.1 Å². The second kappa shape index (κ2) is 5.42. The van der Waals surface area contributed by atoms with E-state index < -0.39 is 35.8 Å². The summed E-state index contributed by atoms with van der Waals surface area (Å²) in [4.78, 5) is 43.3. The topological polar surface area (TPSA) is 76.2 Å². The average molecular weight is 304 g/mol. The van der Waals surface area contributed by atoms with Gasteiger partial charge in [-0.2, -0.15) is 0 Å². The number of hydroxylamine groups is 1. The lowest BCUT2D eigenvalue weighted by molar-refractivity contribution is -0.150. The van der Waals surface area contributed by atoms with Crippen LogP contribution in [0.3, 0.4) is 0 Å². The number of likely N-dealkylation sites (tertiary alicyclic amines) is 1. The summed E-state index contributed by atoms with van der Waals surface area (Å²) in [6, 6.07) is 7.91. The van der Waals surface area contributed by atoms with Gasteiger partial charge in [-0.05, 0) is 19.1 Å². The Labute approximate surface area is 127 Å². The minimum atomic E-state index is -0.980. The number of para-hydroxylation sites is 1. The first kappa shape index (κ1) is 14.5. The Kier molecular flexibility index (Phi) is 3.58. The number of hydrogen-bond donors (Lipinski definition) is 0. The Bertz CT molecular complexity index is 618. The van der Waals surface area contributed by atoms with Crippen molar-refractivity contribution >= 4 is 23.5 Å². The van der Waals surface area contributed by atoms with Crippen LogP contribution in [0, 0.1) is 5.92 Å². The molecule has 0 bridgehead atoms. The number of esters is 1. The van der Waals surface area contributed by atoms with Gasteiger partial charge >= 0.3 is 5.97 Å². The van der Waals surface area contributed by atoms with Crippen molar-refractivity contribution in [2.24, 2.45) is 5.92 Å². The van der Waals surface area contributed by atoms with Crippen molar-refractivity contribution < 1.29 is 24.0 Å². The number of imide groups is 1. The third kappa shape index (κ3) is 2.05. The fourth-order valence-electron chi connectivity index (χ4n) is 2.82. The van der Waals surface area contributed by atoms with E-state index in [9.17, 15) is 14.4 Å². The largest absolute Gasteiger partial charge is 0.464 e. The van der Waals surface area contributed by atoms with Crippen LogP contribution in [0.5, 0.6) is 0 Å². The Morgan fingerprint density at radius 2 is 1.91 bits per heavy atom. The van der Waals surface area contributed by atoms with E-state index in [2.05, 4.69) is 0 Å². The molecule has 116 valence electrons. The molecule has 0 aliphatic carbocycles. The SMILES string of the molecule is CCOC(=O)[C@H]1[C@H]2C(=O)N(C)C(=O)[C@H]2ON1c1ccccc1. The molecular weight excluding hydrogens is 288 g/mol. The number of fused-ring (bicyclic) bond motifs is 1. The van der Waals surface area contributed by atoms with Gasteiger partial charge in [0.2, 0.25) is 5.91 Å². The van der Waals surface area contributed by atoms with Gasteiger partial charge in [-0.3, -0.25) is 19.3 Å². The molecule has 0 unspecified atom stereocenters. The van der Waals surface area contributed by atoms with Crippen LogP contribution in [0.1, 0.15) is 6.92 Å². The van der Waals surface area contributed by atoms with Gasteiger partial charge in [0.1, 0.15) is 5.92 Å². The number of likely N-dealkylation sites (N-methyl/N-ethyl adjacent to an activating group) is 1. The molecule has 2 saturated heterocycles. The van der Waals surface area contributed by atoms with Crippen molar-refractivity contribution in [3.8, 4) is 0 Å². The van der Waals surface area contributed by atoms with E-state index in [1.54, 1.807) is 31.2 Å². The maximum absolute atomic E-state index is 12.3. The first-order valence-electron chi connectivity index (χ1n) is 7.05. The number of benzene rings is 1. The molecule has 2 aliphatic heterocycles. The minimum Gasteiger partial charge on any atom is -0.464 e. The first-order chi connectivity index (χ1) is 10.6. The Balaban J connectivity index is 1.99. The van der Waals surface area contributed by atoms with E-state index in [0.717, 1.165) is 4.90 Å². The van der Waals surface area contributed by atoms with E-state index in [1.165, 1.54) is 12.1 Å². The van der Waals surface area contributed by atoms with Crippen LogP contribution in [0.15, 0.2) is 30.3 Å². The fraction of sp³-hybridized carbons (Fsp3) is 0.400. The molecule has 0 spiro atoms. The molecule has 7 nitrogen and oxygen atoms in total. The molecule has 7 heteroatoms. The highest BCUT2D eigenvalue weighted by Crippen LogP contribution is 2.38. The second-order valence-corrected chi connectivity index (χ2v) is 5.15. The van der Waals surface area contributed by atoms with Gasteiger partial charge in [0.15, 0.2) is 12.1 Å². The van der Waals surface area contributed by atoms with Gasteiger partial charge < -0.3 is 4.74 Å². The number of ether oxygens (including phenoxy) is 1. The molecule has 2 aliphatic rings. The molecule has 22 heavy (non-hydrogen) atoms. The van der Waals surface area contributed by atoms with E-state index >= 15 is 0 Å². The normalized spacial score (nSPS) is 27.3. The zero-order chi connectivity index (χ0) is 15.9. The summed E-state index contributed by atoms with van der Waals surface area (Å²) < 4.78 is 5.06. The summed E-state index contributed by atoms with van der Waals surface area (Å²) in [7, 11) is 1.39. The third-order valence-corrected chi connectivity index (χ3v) is 3.87. The summed E-state index contributed by atoms with van der Waals surface area (Å²) in [6.45, 7) is 1.87. The molecule has 0 saturated carbocycles. The highest BCUT2D eigenvalue weighted by Gasteiger charge is 2.61. The van der Waals surface area contributed by atoms with Crippen molar-refractivity contribution in [1.29, 1.82) is 0 Å². The molecule has 1 aromatic rings. The van der Waals surface area contributed by atoms with Crippen LogP contribution in [0.25, 0.3) is 0 Å². The summed E-state index contributed by atoms with van der Waals surface area (Å²) in [6.07, 6.45) is -0.980. The number of amides is 2. The van der Waals surface area contributed by atoms with E-state index in [-0.39, 0.29) is 6.61 Å². The smallest absolute Gasteiger partial charge is 0.332 e. The molecule has 2 amide bonds. The number of carbonyl (C=O) groups is 3. The molecule has 3 atom stereocenters. The van der Waals surface area contributed by atoms with Gasteiger partial charge in [0.05, 0.1) is 12.3 Å². The zero-order valence-corrected chi connectivity index (χ0v) is 12.3. The Hall–Kier alpha value is -2.41. The molecular formula is C15H16N2O5. The lowest BCUT2D eigenvalue weighted by Crippen LogP contribution is -2.44. The van der Waals surface area contributed by atoms with Gasteiger partial charge in [0, 0.05) is 7.05 Å². The van der Waals surface area contributed by atoms with Gasteiger partial charge in [0.25, 0.3) is 5.91 Å². The van der Waals surface area contributed by atoms with Crippen LogP contribution in [-0.2, 0) is 24.0 Å². The first-order valence-corrected chi connectivity index (χ1v) is 7.05. The Morgan fingerprint density at radius 1 is 1.23 bits per heavy atom. The lowest BCUT2D eigenvalue weighted by atomic mass is 9.96. The number of carbonyl (C=O) groups excluding carboxylic acids is 3. The standard InChI is InChI=1S/C15H16N2O5/c1-3-21-15(20)11-10-12(14(19)16(2)13(10)18)22-17(11)9-7-5-4-6-8-9/h4-8,10-12H,3H2,1-2H3/t10-,11-,12+/m1/s1. The fourth-order valence-corrected chi connectivity index (χ4v) is 2.82. The lowest BCUT2D eigenvalue weighted by Gasteiger charge is -2.26. The maximum atomic E-state index is 12.3. The van der Waals surface area contributed by atoms with Gasteiger partial charge in [-0.15, -0.1) is 0 Å². The van der Waals surface area contributed by atoms with Gasteiger partial charge in [-0.25, -0.2) is 9.86 Å². The number of anilines is 1. The van der Waals surface area contributed by atoms with E-state index in [0.29, 0.717) is 5.69 Å². The molecule has 0 aromatic heterocycles. The van der Waals surface area contributed by atoms with E-state index in [1.807, 2.05) is 6.07 Å². The molecule has 0 N–H and O–H groups in total. The van der Waals surface area contributed by atoms with Crippen LogP contribution < -0.4 is 5.06 Å². The van der Waals surface area contributed by atoms with Crippen molar-refractivity contribution in [1.82, 2.24) is 4.90 Å². The summed E-state index contributed by atoms with van der Waals surface area (Å²) >= 11 is 0. The third-order valence-electron chi connectivity index (χ3n) is 3.87. The van der Waals surface area contributed by atoms with E-state index in [4.69, 9.17) is 9.57 Å². The molecule has 3 rings (SSSR count). The van der Waals surface area contributed by atoms with Crippen molar-refractivity contribution in [3.63, 3.8) is 0 Å². The van der Waals surface area contributed by atoms with Crippen LogP contribution in [-0.4, -0.2) is 48.5 Å². The highest BCUT2D eigenvalue weighted by molar-refractivity contribution is 6.09. The number of nitrogens with zero attached hydrogens (tertiary/aromatic N) is 2. The zero-order valence-electron chi connectivity index (χ0n) is 12.3. The highest BCUT2D eigenvalue weighted by atomic mass is 16.7. The monoisotopic (exact) mass is 304 g/mol. The number of hydrogen-bond acceptors (Lipinski definition) is 6. The molecule has 2 heterocycles.